The SMILES string of the molecule is Cl.O=[N+]([O-])c1cc(CN2CCNCC2c2cccnc2)ccc1Cl. The summed E-state index contributed by atoms with van der Waals surface area (Å²) in [6.07, 6.45) is 3.63. The first-order chi connectivity index (χ1) is 11.1. The number of nitro groups is 1. The van der Waals surface area contributed by atoms with Crippen LogP contribution in [0.1, 0.15) is 17.2 Å². The summed E-state index contributed by atoms with van der Waals surface area (Å²) in [5.41, 5.74) is 1.98. The van der Waals surface area contributed by atoms with Crippen LogP contribution in [0.2, 0.25) is 5.02 Å². The lowest BCUT2D eigenvalue weighted by molar-refractivity contribution is -0.384. The van der Waals surface area contributed by atoms with E-state index in [0.29, 0.717) is 6.54 Å². The monoisotopic (exact) mass is 368 g/mol. The molecule has 1 aromatic carbocycles. The average molecular weight is 369 g/mol. The van der Waals surface area contributed by atoms with Crippen molar-refractivity contribution in [1.82, 2.24) is 15.2 Å². The van der Waals surface area contributed by atoms with Gasteiger partial charge < -0.3 is 5.32 Å². The summed E-state index contributed by atoms with van der Waals surface area (Å²) in [5.74, 6) is 0. The summed E-state index contributed by atoms with van der Waals surface area (Å²) in [7, 11) is 0. The van der Waals surface area contributed by atoms with Crippen molar-refractivity contribution in [2.45, 2.75) is 12.6 Å². The van der Waals surface area contributed by atoms with Gasteiger partial charge in [0.05, 0.1) is 4.92 Å². The quantitative estimate of drug-likeness (QED) is 0.662. The minimum atomic E-state index is -0.442. The molecule has 1 saturated heterocycles. The predicted octanol–water partition coefficient (Wildman–Crippen LogP) is 3.21. The van der Waals surface area contributed by atoms with Crippen molar-refractivity contribution >= 4 is 29.7 Å². The van der Waals surface area contributed by atoms with Gasteiger partial charge in [-0.15, -0.1) is 12.4 Å². The van der Waals surface area contributed by atoms with E-state index >= 15 is 0 Å². The van der Waals surface area contributed by atoms with Gasteiger partial charge in [0, 0.05) is 50.7 Å². The van der Waals surface area contributed by atoms with Crippen molar-refractivity contribution in [2.24, 2.45) is 0 Å². The number of aromatic nitrogens is 1. The highest BCUT2D eigenvalue weighted by molar-refractivity contribution is 6.32. The lowest BCUT2D eigenvalue weighted by atomic mass is 10.0. The number of hydrogen-bond acceptors (Lipinski definition) is 5. The number of hydrogen-bond donors (Lipinski definition) is 1. The van der Waals surface area contributed by atoms with E-state index < -0.39 is 4.92 Å². The molecular formula is C16H18Cl2N4O2. The smallest absolute Gasteiger partial charge is 0.288 e. The number of halogens is 2. The van der Waals surface area contributed by atoms with Crippen LogP contribution in [-0.4, -0.2) is 34.4 Å². The Balaban J connectivity index is 0.00000208. The first-order valence-corrected chi connectivity index (χ1v) is 7.80. The molecule has 8 heteroatoms. The fourth-order valence-corrected chi connectivity index (χ4v) is 3.05. The average Bonchev–Trinajstić information content (AvgIpc) is 2.57. The van der Waals surface area contributed by atoms with E-state index in [9.17, 15) is 10.1 Å². The molecule has 1 fully saturated rings. The van der Waals surface area contributed by atoms with E-state index in [2.05, 4.69) is 21.3 Å². The predicted molar refractivity (Wildman–Crippen MR) is 95.6 cm³/mol. The summed E-state index contributed by atoms with van der Waals surface area (Å²) in [5, 5.41) is 14.6. The van der Waals surface area contributed by atoms with Crippen LogP contribution in [0.3, 0.4) is 0 Å². The van der Waals surface area contributed by atoms with E-state index in [1.54, 1.807) is 18.3 Å². The topological polar surface area (TPSA) is 71.3 Å². The molecule has 0 amide bonds. The third kappa shape index (κ3) is 4.21. The maximum atomic E-state index is 11.0. The molecule has 1 N–H and O–H groups in total. The Morgan fingerprint density at radius 3 is 2.96 bits per heavy atom. The highest BCUT2D eigenvalue weighted by Gasteiger charge is 2.24. The van der Waals surface area contributed by atoms with Gasteiger partial charge in [-0.2, -0.15) is 0 Å². The maximum absolute atomic E-state index is 11.0. The fraction of sp³-hybridized carbons (Fsp3) is 0.312. The van der Waals surface area contributed by atoms with Gasteiger partial charge in [-0.05, 0) is 23.3 Å². The Morgan fingerprint density at radius 2 is 2.25 bits per heavy atom. The van der Waals surface area contributed by atoms with E-state index in [-0.39, 0.29) is 29.2 Å². The first-order valence-electron chi connectivity index (χ1n) is 7.42. The normalized spacial score (nSPS) is 18.0. The first kappa shape index (κ1) is 18.6. The molecule has 2 heterocycles. The number of benzene rings is 1. The lowest BCUT2D eigenvalue weighted by Crippen LogP contribution is -2.45. The molecule has 6 nitrogen and oxygen atoms in total. The van der Waals surface area contributed by atoms with Gasteiger partial charge in [0.25, 0.3) is 5.69 Å². The van der Waals surface area contributed by atoms with Crippen LogP contribution in [0.15, 0.2) is 42.7 Å². The van der Waals surface area contributed by atoms with E-state index in [1.807, 2.05) is 18.3 Å². The summed E-state index contributed by atoms with van der Waals surface area (Å²) in [6, 6.07) is 9.18. The zero-order valence-corrected chi connectivity index (χ0v) is 14.5. The Bertz CT molecular complexity index is 700. The molecular weight excluding hydrogens is 351 g/mol. The summed E-state index contributed by atoms with van der Waals surface area (Å²) < 4.78 is 0. The number of pyridine rings is 1. The van der Waals surface area contributed by atoms with Crippen LogP contribution in [0.5, 0.6) is 0 Å². The molecule has 128 valence electrons. The minimum Gasteiger partial charge on any atom is -0.314 e. The van der Waals surface area contributed by atoms with E-state index in [4.69, 9.17) is 11.6 Å². The molecule has 24 heavy (non-hydrogen) atoms. The molecule has 0 aliphatic carbocycles. The van der Waals surface area contributed by atoms with Crippen LogP contribution in [0.25, 0.3) is 0 Å². The molecule has 0 spiro atoms. The number of nitrogens with one attached hydrogen (secondary N) is 1. The molecule has 1 aliphatic rings. The molecule has 0 radical (unpaired) electrons. The van der Waals surface area contributed by atoms with Crippen LogP contribution in [0, 0.1) is 10.1 Å². The minimum absolute atomic E-state index is 0. The fourth-order valence-electron chi connectivity index (χ4n) is 2.87. The Hall–Kier alpha value is -1.73. The van der Waals surface area contributed by atoms with Crippen LogP contribution in [-0.2, 0) is 6.54 Å². The summed E-state index contributed by atoms with van der Waals surface area (Å²) in [6.45, 7) is 3.24. The number of nitrogens with zero attached hydrogens (tertiary/aromatic N) is 3. The summed E-state index contributed by atoms with van der Waals surface area (Å²) in [4.78, 5) is 17.1. The molecule has 1 atom stereocenters. The second-order valence-electron chi connectivity index (χ2n) is 5.52. The molecule has 1 aliphatic heterocycles. The molecule has 0 bridgehead atoms. The number of rotatable bonds is 4. The maximum Gasteiger partial charge on any atom is 0.288 e. The number of nitro benzene ring substituents is 1. The second kappa shape index (κ2) is 8.39. The van der Waals surface area contributed by atoms with Crippen molar-refractivity contribution in [1.29, 1.82) is 0 Å². The van der Waals surface area contributed by atoms with Gasteiger partial charge in [-0.3, -0.25) is 20.0 Å². The van der Waals surface area contributed by atoms with Gasteiger partial charge >= 0.3 is 0 Å². The zero-order valence-electron chi connectivity index (χ0n) is 12.9. The molecule has 3 rings (SSSR count). The Morgan fingerprint density at radius 1 is 1.42 bits per heavy atom. The Labute approximate surface area is 151 Å². The largest absolute Gasteiger partial charge is 0.314 e. The third-order valence-corrected chi connectivity index (χ3v) is 4.34. The lowest BCUT2D eigenvalue weighted by Gasteiger charge is -2.36. The third-order valence-electron chi connectivity index (χ3n) is 4.02. The van der Waals surface area contributed by atoms with E-state index in [1.165, 1.54) is 0 Å². The molecule has 0 saturated carbocycles. The van der Waals surface area contributed by atoms with Gasteiger partial charge in [0.2, 0.25) is 0 Å². The van der Waals surface area contributed by atoms with E-state index in [0.717, 1.165) is 30.8 Å². The standard InChI is InChI=1S/C16H17ClN4O2.ClH/c17-14-4-3-12(8-15(14)21(22)23)11-20-7-6-19-10-16(20)13-2-1-5-18-9-13;/h1-5,8-9,16,19H,6-7,10-11H2;1H. The Kier molecular flexibility index (Phi) is 6.51. The van der Waals surface area contributed by atoms with Crippen molar-refractivity contribution in [2.75, 3.05) is 19.6 Å². The van der Waals surface area contributed by atoms with Crippen molar-refractivity contribution in [3.05, 3.63) is 69.0 Å². The van der Waals surface area contributed by atoms with Gasteiger partial charge in [-0.25, -0.2) is 0 Å². The molecule has 2 aromatic rings. The second-order valence-corrected chi connectivity index (χ2v) is 5.93. The van der Waals surface area contributed by atoms with Crippen LogP contribution < -0.4 is 5.32 Å². The zero-order chi connectivity index (χ0) is 16.2. The van der Waals surface area contributed by atoms with Gasteiger partial charge in [0.1, 0.15) is 5.02 Å². The van der Waals surface area contributed by atoms with Crippen molar-refractivity contribution in [3.63, 3.8) is 0 Å². The number of piperazine rings is 1. The van der Waals surface area contributed by atoms with Crippen LogP contribution >= 0.6 is 24.0 Å². The summed E-state index contributed by atoms with van der Waals surface area (Å²) >= 11 is 5.88. The van der Waals surface area contributed by atoms with Crippen molar-refractivity contribution < 1.29 is 4.92 Å². The molecule has 1 unspecified atom stereocenters. The van der Waals surface area contributed by atoms with Crippen molar-refractivity contribution in [3.8, 4) is 0 Å². The van der Waals surface area contributed by atoms with Gasteiger partial charge in [0.15, 0.2) is 0 Å². The molecule has 1 aromatic heterocycles. The highest BCUT2D eigenvalue weighted by atomic mass is 35.5. The van der Waals surface area contributed by atoms with Crippen LogP contribution in [0.4, 0.5) is 5.69 Å². The highest BCUT2D eigenvalue weighted by Crippen LogP contribution is 2.28. The van der Waals surface area contributed by atoms with Gasteiger partial charge in [-0.1, -0.05) is 23.7 Å².